The van der Waals surface area contributed by atoms with E-state index in [1.807, 2.05) is 71.2 Å². The first-order valence-electron chi connectivity index (χ1n) is 9.63. The Kier molecular flexibility index (Phi) is 6.38. The van der Waals surface area contributed by atoms with Crippen LogP contribution < -0.4 is 10.2 Å². The highest BCUT2D eigenvalue weighted by molar-refractivity contribution is 7.10. The number of carbonyl (C=O) groups excluding carboxylic acids is 2. The third-order valence-electron chi connectivity index (χ3n) is 4.79. The van der Waals surface area contributed by atoms with Gasteiger partial charge in [0.15, 0.2) is 11.7 Å². The molecule has 2 amide bonds. The molecule has 0 aliphatic carbocycles. The van der Waals surface area contributed by atoms with Crippen LogP contribution in [0.2, 0.25) is 0 Å². The number of thiophene rings is 1. The lowest BCUT2D eigenvalue weighted by atomic mass is 10.0. The normalized spacial score (nSPS) is 12.5. The number of hydrogen-bond acceptors (Lipinski definition) is 6. The predicted molar refractivity (Wildman–Crippen MR) is 122 cm³/mol. The maximum absolute atomic E-state index is 13.6. The predicted octanol–water partition coefficient (Wildman–Crippen LogP) is 4.83. The zero-order valence-corrected chi connectivity index (χ0v) is 19.6. The van der Waals surface area contributed by atoms with Crippen molar-refractivity contribution in [2.45, 2.75) is 53.1 Å². The number of rotatable bonds is 5. The molecule has 6 nitrogen and oxygen atoms in total. The van der Waals surface area contributed by atoms with E-state index >= 15 is 0 Å². The van der Waals surface area contributed by atoms with E-state index in [0.717, 1.165) is 33.1 Å². The monoisotopic (exact) mass is 442 g/mol. The van der Waals surface area contributed by atoms with Gasteiger partial charge < -0.3 is 5.32 Å². The molecule has 30 heavy (non-hydrogen) atoms. The van der Waals surface area contributed by atoms with Crippen molar-refractivity contribution < 1.29 is 9.59 Å². The van der Waals surface area contributed by atoms with Gasteiger partial charge in [0, 0.05) is 21.5 Å². The number of carbonyl (C=O) groups is 2. The molecular formula is C22H26N4O2S2. The van der Waals surface area contributed by atoms with Gasteiger partial charge in [0.1, 0.15) is 0 Å². The Morgan fingerprint density at radius 3 is 2.40 bits per heavy atom. The van der Waals surface area contributed by atoms with Gasteiger partial charge in [-0.05, 0) is 87.3 Å². The van der Waals surface area contributed by atoms with Gasteiger partial charge >= 0.3 is 0 Å². The van der Waals surface area contributed by atoms with E-state index in [4.69, 9.17) is 0 Å². The quantitative estimate of drug-likeness (QED) is 0.614. The van der Waals surface area contributed by atoms with E-state index in [1.165, 1.54) is 11.3 Å². The van der Waals surface area contributed by atoms with Gasteiger partial charge in [0.2, 0.25) is 5.91 Å². The van der Waals surface area contributed by atoms with Crippen molar-refractivity contribution in [2.75, 3.05) is 4.90 Å². The summed E-state index contributed by atoms with van der Waals surface area (Å²) in [7, 11) is 0. The highest BCUT2D eigenvalue weighted by atomic mass is 32.1. The molecule has 0 bridgehead atoms. The van der Waals surface area contributed by atoms with Crippen molar-refractivity contribution >= 4 is 40.4 Å². The van der Waals surface area contributed by atoms with Gasteiger partial charge in [-0.1, -0.05) is 16.6 Å². The molecule has 0 saturated heterocycles. The van der Waals surface area contributed by atoms with Crippen LogP contribution in [0.25, 0.3) is 0 Å². The zero-order valence-electron chi connectivity index (χ0n) is 18.0. The van der Waals surface area contributed by atoms with Crippen LogP contribution in [-0.2, 0) is 4.79 Å². The summed E-state index contributed by atoms with van der Waals surface area (Å²) in [6.07, 6.45) is 0. The summed E-state index contributed by atoms with van der Waals surface area (Å²) >= 11 is 2.58. The van der Waals surface area contributed by atoms with Gasteiger partial charge in [-0.3, -0.25) is 14.5 Å². The maximum Gasteiger partial charge on any atom is 0.280 e. The van der Waals surface area contributed by atoms with Crippen molar-refractivity contribution in [1.29, 1.82) is 0 Å². The van der Waals surface area contributed by atoms with E-state index in [2.05, 4.69) is 14.9 Å². The average molecular weight is 443 g/mol. The number of anilines is 1. The Bertz CT molecular complexity index is 1050. The van der Waals surface area contributed by atoms with Gasteiger partial charge in [-0.15, -0.1) is 16.4 Å². The minimum absolute atomic E-state index is 0.226. The minimum Gasteiger partial charge on any atom is -0.349 e. The first-order chi connectivity index (χ1) is 14.1. The summed E-state index contributed by atoms with van der Waals surface area (Å²) in [6, 6.07) is 6.91. The molecule has 0 fully saturated rings. The number of benzene rings is 1. The van der Waals surface area contributed by atoms with E-state index < -0.39 is 11.6 Å². The average Bonchev–Trinajstić information content (AvgIpc) is 3.32. The Labute approximate surface area is 185 Å². The molecule has 0 spiro atoms. The third kappa shape index (κ3) is 4.60. The SMILES string of the molecule is Cc1ccsc1C(C(=O)NC(C)(C)C)N(C(=O)c1csnn1)c1cccc(C)c1C. The highest BCUT2D eigenvalue weighted by Crippen LogP contribution is 2.36. The lowest BCUT2D eigenvalue weighted by molar-refractivity contribution is -0.123. The molecule has 1 atom stereocenters. The summed E-state index contributed by atoms with van der Waals surface area (Å²) in [5, 5.41) is 10.6. The fourth-order valence-corrected chi connectivity index (χ4v) is 4.64. The topological polar surface area (TPSA) is 75.2 Å². The standard InChI is InChI=1S/C22H26N4O2S2/c1-13-8-7-9-17(15(13)3)26(21(28)16-12-30-25-24-16)18(19-14(2)10-11-29-19)20(27)23-22(4,5)6/h7-12,18H,1-6H3,(H,23,27). The maximum atomic E-state index is 13.6. The summed E-state index contributed by atoms with van der Waals surface area (Å²) in [5.41, 5.74) is 3.42. The van der Waals surface area contributed by atoms with Crippen LogP contribution in [0.4, 0.5) is 5.69 Å². The van der Waals surface area contributed by atoms with Crippen LogP contribution in [0.5, 0.6) is 0 Å². The van der Waals surface area contributed by atoms with Crippen LogP contribution in [0.15, 0.2) is 35.0 Å². The molecule has 158 valence electrons. The zero-order chi connectivity index (χ0) is 22.1. The second-order valence-corrected chi connectivity index (χ2v) is 9.85. The molecular weight excluding hydrogens is 416 g/mol. The first kappa shape index (κ1) is 22.1. The summed E-state index contributed by atoms with van der Waals surface area (Å²) in [6.45, 7) is 11.7. The summed E-state index contributed by atoms with van der Waals surface area (Å²) < 4.78 is 3.85. The second kappa shape index (κ2) is 8.65. The molecule has 2 aromatic heterocycles. The van der Waals surface area contributed by atoms with Crippen LogP contribution in [0.3, 0.4) is 0 Å². The number of amides is 2. The van der Waals surface area contributed by atoms with Gasteiger partial charge in [0.25, 0.3) is 5.91 Å². The lowest BCUT2D eigenvalue weighted by Crippen LogP contribution is -2.49. The molecule has 3 aromatic rings. The molecule has 1 aromatic carbocycles. The summed E-state index contributed by atoms with van der Waals surface area (Å²) in [5.74, 6) is -0.579. The number of nitrogens with zero attached hydrogens (tertiary/aromatic N) is 3. The molecule has 8 heteroatoms. The molecule has 0 aliphatic heterocycles. The smallest absolute Gasteiger partial charge is 0.280 e. The third-order valence-corrected chi connectivity index (χ3v) is 6.36. The molecule has 0 radical (unpaired) electrons. The Hall–Kier alpha value is -2.58. The Morgan fingerprint density at radius 2 is 1.83 bits per heavy atom. The number of aromatic nitrogens is 2. The molecule has 1 unspecified atom stereocenters. The van der Waals surface area contributed by atoms with E-state index in [9.17, 15) is 9.59 Å². The second-order valence-electron chi connectivity index (χ2n) is 8.29. The highest BCUT2D eigenvalue weighted by Gasteiger charge is 2.38. The van der Waals surface area contributed by atoms with Crippen molar-refractivity contribution in [3.05, 3.63) is 62.3 Å². The van der Waals surface area contributed by atoms with Crippen molar-refractivity contribution in [1.82, 2.24) is 14.9 Å². The fourth-order valence-electron chi connectivity index (χ4n) is 3.20. The first-order valence-corrected chi connectivity index (χ1v) is 11.3. The fraction of sp³-hybridized carbons (Fsp3) is 0.364. The van der Waals surface area contributed by atoms with Crippen molar-refractivity contribution in [3.8, 4) is 0 Å². The van der Waals surface area contributed by atoms with Crippen LogP contribution in [-0.4, -0.2) is 26.9 Å². The van der Waals surface area contributed by atoms with Gasteiger partial charge in [-0.2, -0.15) is 0 Å². The Balaban J connectivity index is 2.23. The van der Waals surface area contributed by atoms with Crippen LogP contribution in [0.1, 0.15) is 58.9 Å². The largest absolute Gasteiger partial charge is 0.349 e. The molecule has 2 heterocycles. The molecule has 0 saturated carbocycles. The van der Waals surface area contributed by atoms with Gasteiger partial charge in [0.05, 0.1) is 0 Å². The van der Waals surface area contributed by atoms with E-state index in [0.29, 0.717) is 5.69 Å². The molecule has 3 rings (SSSR count). The molecule has 1 N–H and O–H groups in total. The summed E-state index contributed by atoms with van der Waals surface area (Å²) in [4.78, 5) is 29.6. The number of hydrogen-bond donors (Lipinski definition) is 1. The number of nitrogens with one attached hydrogen (secondary N) is 1. The van der Waals surface area contributed by atoms with E-state index in [-0.39, 0.29) is 17.5 Å². The van der Waals surface area contributed by atoms with E-state index in [1.54, 1.807) is 10.3 Å². The van der Waals surface area contributed by atoms with Crippen LogP contribution >= 0.6 is 22.9 Å². The van der Waals surface area contributed by atoms with Gasteiger partial charge in [-0.25, -0.2) is 0 Å². The minimum atomic E-state index is -0.820. The van der Waals surface area contributed by atoms with Crippen molar-refractivity contribution in [3.63, 3.8) is 0 Å². The van der Waals surface area contributed by atoms with Crippen LogP contribution in [0, 0.1) is 20.8 Å². The lowest BCUT2D eigenvalue weighted by Gasteiger charge is -2.34. The Morgan fingerprint density at radius 1 is 1.10 bits per heavy atom. The number of aryl methyl sites for hydroxylation is 2. The molecule has 0 aliphatic rings. The van der Waals surface area contributed by atoms with Crippen molar-refractivity contribution in [2.24, 2.45) is 0 Å².